The van der Waals surface area contributed by atoms with Crippen LogP contribution in [0.2, 0.25) is 10.0 Å². The van der Waals surface area contributed by atoms with Gasteiger partial charge < -0.3 is 5.32 Å². The lowest BCUT2D eigenvalue weighted by Gasteiger charge is -2.09. The van der Waals surface area contributed by atoms with Crippen LogP contribution < -0.4 is 10.0 Å². The molecule has 0 bridgehead atoms. The SMILES string of the molecule is CNS(=O)(=O)c1cccc(C(=O)NCc2ccc(Cl)cc2Cl)c1. The van der Waals surface area contributed by atoms with Crippen molar-refractivity contribution in [3.05, 3.63) is 63.6 Å². The summed E-state index contributed by atoms with van der Waals surface area (Å²) < 4.78 is 25.7. The molecule has 0 aliphatic carbocycles. The molecule has 2 aromatic rings. The summed E-state index contributed by atoms with van der Waals surface area (Å²) >= 11 is 11.9. The normalized spacial score (nSPS) is 11.3. The Morgan fingerprint density at radius 2 is 1.87 bits per heavy atom. The summed E-state index contributed by atoms with van der Waals surface area (Å²) in [6.45, 7) is 0.206. The molecule has 1 amide bonds. The second-order valence-electron chi connectivity index (χ2n) is 4.65. The Kier molecular flexibility index (Phi) is 5.64. The molecule has 5 nitrogen and oxygen atoms in total. The van der Waals surface area contributed by atoms with Crippen LogP contribution in [0.3, 0.4) is 0 Å². The summed E-state index contributed by atoms with van der Waals surface area (Å²) in [4.78, 5) is 12.2. The first-order valence-electron chi connectivity index (χ1n) is 6.59. The molecule has 0 aliphatic heterocycles. The molecule has 23 heavy (non-hydrogen) atoms. The van der Waals surface area contributed by atoms with Crippen molar-refractivity contribution in [2.75, 3.05) is 7.05 Å². The van der Waals surface area contributed by atoms with Gasteiger partial charge >= 0.3 is 0 Å². The zero-order chi connectivity index (χ0) is 17.0. The van der Waals surface area contributed by atoms with E-state index in [1.54, 1.807) is 18.2 Å². The van der Waals surface area contributed by atoms with E-state index in [-0.39, 0.29) is 17.0 Å². The summed E-state index contributed by atoms with van der Waals surface area (Å²) in [6, 6.07) is 10.7. The van der Waals surface area contributed by atoms with Crippen LogP contribution >= 0.6 is 23.2 Å². The van der Waals surface area contributed by atoms with Gasteiger partial charge in [0.15, 0.2) is 0 Å². The molecule has 2 N–H and O–H groups in total. The van der Waals surface area contributed by atoms with Crippen LogP contribution in [0.4, 0.5) is 0 Å². The molecule has 8 heteroatoms. The quantitative estimate of drug-likeness (QED) is 0.846. The van der Waals surface area contributed by atoms with Gasteiger partial charge in [-0.15, -0.1) is 0 Å². The molecule has 0 unspecified atom stereocenters. The third-order valence-corrected chi connectivity index (χ3v) is 5.13. The number of amides is 1. The van der Waals surface area contributed by atoms with E-state index < -0.39 is 15.9 Å². The average Bonchev–Trinajstić information content (AvgIpc) is 2.54. The molecule has 2 aromatic carbocycles. The molecule has 0 atom stereocenters. The monoisotopic (exact) mass is 372 g/mol. The van der Waals surface area contributed by atoms with Crippen LogP contribution in [-0.4, -0.2) is 21.4 Å². The van der Waals surface area contributed by atoms with Gasteiger partial charge in [-0.3, -0.25) is 4.79 Å². The average molecular weight is 373 g/mol. The van der Waals surface area contributed by atoms with E-state index in [9.17, 15) is 13.2 Å². The second-order valence-corrected chi connectivity index (χ2v) is 7.38. The highest BCUT2D eigenvalue weighted by Crippen LogP contribution is 2.21. The minimum atomic E-state index is -3.60. The molecule has 0 heterocycles. The Balaban J connectivity index is 2.14. The van der Waals surface area contributed by atoms with E-state index in [1.165, 1.54) is 31.3 Å². The number of hydrogen-bond acceptors (Lipinski definition) is 3. The Morgan fingerprint density at radius 3 is 2.52 bits per heavy atom. The van der Waals surface area contributed by atoms with Crippen LogP contribution in [-0.2, 0) is 16.6 Å². The number of hydrogen-bond donors (Lipinski definition) is 2. The summed E-state index contributed by atoms with van der Waals surface area (Å²) in [5, 5.41) is 3.65. The minimum Gasteiger partial charge on any atom is -0.348 e. The number of rotatable bonds is 5. The highest BCUT2D eigenvalue weighted by Gasteiger charge is 2.14. The highest BCUT2D eigenvalue weighted by atomic mass is 35.5. The molecule has 122 valence electrons. The smallest absolute Gasteiger partial charge is 0.251 e. The van der Waals surface area contributed by atoms with Crippen LogP contribution in [0, 0.1) is 0 Å². The van der Waals surface area contributed by atoms with Gasteiger partial charge in [-0.2, -0.15) is 0 Å². The third kappa shape index (κ3) is 4.45. The van der Waals surface area contributed by atoms with Gasteiger partial charge in [0.1, 0.15) is 0 Å². The number of benzene rings is 2. The first-order valence-corrected chi connectivity index (χ1v) is 8.83. The van der Waals surface area contributed by atoms with Crippen molar-refractivity contribution >= 4 is 39.1 Å². The van der Waals surface area contributed by atoms with E-state index in [4.69, 9.17) is 23.2 Å². The first kappa shape index (κ1) is 17.7. The minimum absolute atomic E-state index is 0.0252. The van der Waals surface area contributed by atoms with E-state index in [0.29, 0.717) is 15.6 Å². The molecule has 0 aromatic heterocycles. The number of carbonyl (C=O) groups is 1. The van der Waals surface area contributed by atoms with Crippen LogP contribution in [0.15, 0.2) is 47.4 Å². The lowest BCUT2D eigenvalue weighted by atomic mass is 10.2. The number of carbonyl (C=O) groups excluding carboxylic acids is 1. The number of halogens is 2. The number of nitrogens with one attached hydrogen (secondary N) is 2. The van der Waals surface area contributed by atoms with Crippen molar-refractivity contribution < 1.29 is 13.2 Å². The van der Waals surface area contributed by atoms with Gasteiger partial charge in [0, 0.05) is 22.2 Å². The summed E-state index contributed by atoms with van der Waals surface area (Å²) in [7, 11) is -2.29. The molecule has 0 fully saturated rings. The first-order chi connectivity index (χ1) is 10.8. The van der Waals surface area contributed by atoms with Gasteiger partial charge in [-0.05, 0) is 42.9 Å². The maximum atomic E-state index is 12.2. The molecule has 0 saturated heterocycles. The van der Waals surface area contributed by atoms with Gasteiger partial charge in [-0.25, -0.2) is 13.1 Å². The van der Waals surface area contributed by atoms with E-state index >= 15 is 0 Å². The highest BCUT2D eigenvalue weighted by molar-refractivity contribution is 7.89. The van der Waals surface area contributed by atoms with Crippen molar-refractivity contribution in [3.8, 4) is 0 Å². The molecular formula is C15H14Cl2N2O3S. The predicted octanol–water partition coefficient (Wildman–Crippen LogP) is 2.83. The summed E-state index contributed by atoms with van der Waals surface area (Å²) in [6.07, 6.45) is 0. The second kappa shape index (κ2) is 7.31. The fraction of sp³-hybridized carbons (Fsp3) is 0.133. The topological polar surface area (TPSA) is 75.3 Å². The van der Waals surface area contributed by atoms with Crippen molar-refractivity contribution in [2.45, 2.75) is 11.4 Å². The van der Waals surface area contributed by atoms with Crippen molar-refractivity contribution in [1.82, 2.24) is 10.0 Å². The molecule has 0 spiro atoms. The predicted molar refractivity (Wildman–Crippen MR) is 90.3 cm³/mol. The fourth-order valence-corrected chi connectivity index (χ4v) is 3.12. The van der Waals surface area contributed by atoms with Gasteiger partial charge in [0.05, 0.1) is 4.90 Å². The van der Waals surface area contributed by atoms with Crippen molar-refractivity contribution in [3.63, 3.8) is 0 Å². The Bertz CT molecular complexity index is 838. The van der Waals surface area contributed by atoms with E-state index in [2.05, 4.69) is 10.0 Å². The third-order valence-electron chi connectivity index (χ3n) is 3.13. The molecule has 0 radical (unpaired) electrons. The van der Waals surface area contributed by atoms with Crippen LogP contribution in [0.5, 0.6) is 0 Å². The van der Waals surface area contributed by atoms with Crippen LogP contribution in [0.1, 0.15) is 15.9 Å². The fourth-order valence-electron chi connectivity index (χ4n) is 1.86. The molecule has 2 rings (SSSR count). The lowest BCUT2D eigenvalue weighted by molar-refractivity contribution is 0.0950. The Morgan fingerprint density at radius 1 is 1.13 bits per heavy atom. The van der Waals surface area contributed by atoms with Crippen LogP contribution in [0.25, 0.3) is 0 Å². The standard InChI is InChI=1S/C15H14Cl2N2O3S/c1-18-23(21,22)13-4-2-3-10(7-13)15(20)19-9-11-5-6-12(16)8-14(11)17/h2-8,18H,9H2,1H3,(H,19,20). The largest absolute Gasteiger partial charge is 0.348 e. The Labute approximate surface area is 144 Å². The van der Waals surface area contributed by atoms with Gasteiger partial charge in [-0.1, -0.05) is 35.3 Å². The molecular weight excluding hydrogens is 359 g/mol. The van der Waals surface area contributed by atoms with Gasteiger partial charge in [0.25, 0.3) is 5.91 Å². The van der Waals surface area contributed by atoms with Crippen molar-refractivity contribution in [1.29, 1.82) is 0 Å². The van der Waals surface area contributed by atoms with E-state index in [0.717, 1.165) is 0 Å². The maximum absolute atomic E-state index is 12.2. The molecule has 0 aliphatic rings. The lowest BCUT2D eigenvalue weighted by Crippen LogP contribution is -2.24. The molecule has 0 saturated carbocycles. The van der Waals surface area contributed by atoms with Gasteiger partial charge in [0.2, 0.25) is 10.0 Å². The van der Waals surface area contributed by atoms with Crippen molar-refractivity contribution in [2.24, 2.45) is 0 Å². The zero-order valence-electron chi connectivity index (χ0n) is 12.1. The Hall–Kier alpha value is -1.60. The maximum Gasteiger partial charge on any atom is 0.251 e. The van der Waals surface area contributed by atoms with E-state index in [1.807, 2.05) is 0 Å². The zero-order valence-corrected chi connectivity index (χ0v) is 14.5. The summed E-state index contributed by atoms with van der Waals surface area (Å²) in [5.74, 6) is -0.399. The summed E-state index contributed by atoms with van der Waals surface area (Å²) in [5.41, 5.74) is 0.954. The number of sulfonamides is 1.